The van der Waals surface area contributed by atoms with E-state index >= 15 is 0 Å². The summed E-state index contributed by atoms with van der Waals surface area (Å²) in [6.45, 7) is 3.29. The number of ether oxygens (including phenoxy) is 1. The fraction of sp³-hybridized carbons (Fsp3) is 0.435. The summed E-state index contributed by atoms with van der Waals surface area (Å²) in [6, 6.07) is 16.6. The van der Waals surface area contributed by atoms with Crippen LogP contribution in [0, 0.1) is 0 Å². The van der Waals surface area contributed by atoms with E-state index in [9.17, 15) is 0 Å². The predicted octanol–water partition coefficient (Wildman–Crippen LogP) is 6.46. The Bertz CT molecular complexity index is 805. The molecule has 0 fully saturated rings. The molecule has 0 radical (unpaired) electrons. The van der Waals surface area contributed by atoms with Crippen molar-refractivity contribution in [2.75, 3.05) is 7.11 Å². The van der Waals surface area contributed by atoms with Gasteiger partial charge in [-0.3, -0.25) is 0 Å². The number of para-hydroxylation sites is 2. The Morgan fingerprint density at radius 2 is 1.54 bits per heavy atom. The van der Waals surface area contributed by atoms with Crippen LogP contribution in [0.2, 0.25) is 0 Å². The fourth-order valence-electron chi connectivity index (χ4n) is 3.49. The molecule has 138 valence electrons. The number of rotatable bonds is 10. The molecular formula is C23H30N2O. The minimum atomic E-state index is 0.878. The molecule has 0 aliphatic carbocycles. The Kier molecular flexibility index (Phi) is 6.70. The highest BCUT2D eigenvalue weighted by Crippen LogP contribution is 2.27. The van der Waals surface area contributed by atoms with Gasteiger partial charge in [0.05, 0.1) is 18.1 Å². The molecule has 0 unspecified atom stereocenters. The number of hydrogen-bond acceptors (Lipinski definition) is 2. The van der Waals surface area contributed by atoms with Crippen molar-refractivity contribution >= 4 is 11.0 Å². The smallest absolute Gasteiger partial charge is 0.141 e. The van der Waals surface area contributed by atoms with Gasteiger partial charge in [0.2, 0.25) is 0 Å². The molecule has 0 amide bonds. The highest BCUT2D eigenvalue weighted by Gasteiger charge is 2.12. The van der Waals surface area contributed by atoms with Crippen molar-refractivity contribution in [1.29, 1.82) is 0 Å². The van der Waals surface area contributed by atoms with E-state index in [2.05, 4.69) is 47.9 Å². The first-order valence-corrected chi connectivity index (χ1v) is 9.93. The second-order valence-corrected chi connectivity index (χ2v) is 6.93. The van der Waals surface area contributed by atoms with Crippen molar-refractivity contribution in [3.8, 4) is 17.1 Å². The van der Waals surface area contributed by atoms with Crippen LogP contribution in [0.5, 0.6) is 5.75 Å². The zero-order chi connectivity index (χ0) is 18.2. The van der Waals surface area contributed by atoms with E-state index in [1.807, 2.05) is 12.1 Å². The van der Waals surface area contributed by atoms with Gasteiger partial charge < -0.3 is 9.30 Å². The highest BCUT2D eigenvalue weighted by atomic mass is 16.5. The number of nitrogens with zero attached hydrogens (tertiary/aromatic N) is 2. The summed E-state index contributed by atoms with van der Waals surface area (Å²) in [5, 5.41) is 0. The topological polar surface area (TPSA) is 27.1 Å². The molecule has 0 spiro atoms. The molecule has 0 saturated heterocycles. The van der Waals surface area contributed by atoms with E-state index in [-0.39, 0.29) is 0 Å². The first-order chi connectivity index (χ1) is 12.8. The van der Waals surface area contributed by atoms with Crippen LogP contribution >= 0.6 is 0 Å². The molecule has 0 aliphatic rings. The third-order valence-corrected chi connectivity index (χ3v) is 4.99. The van der Waals surface area contributed by atoms with Gasteiger partial charge in [0.1, 0.15) is 11.6 Å². The average Bonchev–Trinajstić information content (AvgIpc) is 3.06. The molecule has 3 nitrogen and oxygen atoms in total. The van der Waals surface area contributed by atoms with Gasteiger partial charge in [-0.25, -0.2) is 4.98 Å². The molecule has 26 heavy (non-hydrogen) atoms. The maximum absolute atomic E-state index is 5.29. The lowest BCUT2D eigenvalue weighted by atomic mass is 10.1. The Morgan fingerprint density at radius 3 is 2.27 bits per heavy atom. The molecule has 2 aromatic carbocycles. The Balaban J connectivity index is 1.74. The quantitative estimate of drug-likeness (QED) is 0.392. The predicted molar refractivity (Wildman–Crippen MR) is 110 cm³/mol. The SMILES string of the molecule is CCCCCCCCCn1c(-c2ccc(OC)cc2)nc2ccccc21. The Hall–Kier alpha value is -2.29. The van der Waals surface area contributed by atoms with Gasteiger partial charge in [-0.15, -0.1) is 0 Å². The molecular weight excluding hydrogens is 320 g/mol. The number of aryl methyl sites for hydroxylation is 1. The number of unbranched alkanes of at least 4 members (excludes halogenated alkanes) is 6. The van der Waals surface area contributed by atoms with Crippen molar-refractivity contribution in [2.24, 2.45) is 0 Å². The Labute approximate surface area is 157 Å². The number of aromatic nitrogens is 2. The van der Waals surface area contributed by atoms with E-state index in [1.165, 1.54) is 50.5 Å². The van der Waals surface area contributed by atoms with Crippen LogP contribution in [0.25, 0.3) is 22.4 Å². The minimum absolute atomic E-state index is 0.878. The molecule has 0 saturated carbocycles. The van der Waals surface area contributed by atoms with Gasteiger partial charge in [0.15, 0.2) is 0 Å². The fourth-order valence-corrected chi connectivity index (χ4v) is 3.49. The zero-order valence-electron chi connectivity index (χ0n) is 16.1. The Morgan fingerprint density at radius 1 is 0.846 bits per heavy atom. The third-order valence-electron chi connectivity index (χ3n) is 4.99. The van der Waals surface area contributed by atoms with Crippen LogP contribution in [-0.2, 0) is 6.54 Å². The molecule has 0 atom stereocenters. The van der Waals surface area contributed by atoms with Crippen LogP contribution in [0.4, 0.5) is 0 Å². The van der Waals surface area contributed by atoms with Crippen LogP contribution in [0.3, 0.4) is 0 Å². The number of hydrogen-bond donors (Lipinski definition) is 0. The second kappa shape index (κ2) is 9.42. The van der Waals surface area contributed by atoms with Gasteiger partial charge in [-0.2, -0.15) is 0 Å². The standard InChI is InChI=1S/C23H30N2O/c1-3-4-5-6-7-8-11-18-25-22-13-10-9-12-21(22)24-23(25)19-14-16-20(26-2)17-15-19/h9-10,12-17H,3-8,11,18H2,1-2H3. The van der Waals surface area contributed by atoms with Gasteiger partial charge in [0, 0.05) is 12.1 Å². The summed E-state index contributed by atoms with van der Waals surface area (Å²) in [4.78, 5) is 4.90. The average molecular weight is 351 g/mol. The number of methoxy groups -OCH3 is 1. The van der Waals surface area contributed by atoms with Gasteiger partial charge in [-0.05, 0) is 42.8 Å². The summed E-state index contributed by atoms with van der Waals surface area (Å²) in [7, 11) is 1.70. The third kappa shape index (κ3) is 4.46. The van der Waals surface area contributed by atoms with E-state index in [0.29, 0.717) is 0 Å². The van der Waals surface area contributed by atoms with E-state index in [4.69, 9.17) is 9.72 Å². The summed E-state index contributed by atoms with van der Waals surface area (Å²) < 4.78 is 7.66. The monoisotopic (exact) mass is 350 g/mol. The molecule has 0 bridgehead atoms. The lowest BCUT2D eigenvalue weighted by molar-refractivity contribution is 0.415. The number of benzene rings is 2. The van der Waals surface area contributed by atoms with Gasteiger partial charge in [0.25, 0.3) is 0 Å². The zero-order valence-corrected chi connectivity index (χ0v) is 16.1. The molecule has 3 rings (SSSR count). The maximum atomic E-state index is 5.29. The van der Waals surface area contributed by atoms with Crippen molar-refractivity contribution in [2.45, 2.75) is 58.4 Å². The minimum Gasteiger partial charge on any atom is -0.497 e. The molecule has 3 heteroatoms. The van der Waals surface area contributed by atoms with Crippen molar-refractivity contribution in [3.05, 3.63) is 48.5 Å². The van der Waals surface area contributed by atoms with Crippen LogP contribution in [-0.4, -0.2) is 16.7 Å². The summed E-state index contributed by atoms with van der Waals surface area (Å²) in [5.41, 5.74) is 3.44. The first kappa shape index (κ1) is 18.5. The summed E-state index contributed by atoms with van der Waals surface area (Å²) in [5.74, 6) is 1.93. The second-order valence-electron chi connectivity index (χ2n) is 6.93. The summed E-state index contributed by atoms with van der Waals surface area (Å²) >= 11 is 0. The van der Waals surface area contributed by atoms with Crippen LogP contribution in [0.15, 0.2) is 48.5 Å². The first-order valence-electron chi connectivity index (χ1n) is 9.93. The number of imidazole rings is 1. The molecule has 3 aromatic rings. The van der Waals surface area contributed by atoms with E-state index in [0.717, 1.165) is 29.2 Å². The summed E-state index contributed by atoms with van der Waals surface area (Å²) in [6.07, 6.45) is 9.25. The van der Waals surface area contributed by atoms with Crippen molar-refractivity contribution in [1.82, 2.24) is 9.55 Å². The van der Waals surface area contributed by atoms with Gasteiger partial charge in [-0.1, -0.05) is 57.6 Å². The maximum Gasteiger partial charge on any atom is 0.141 e. The molecule has 0 aliphatic heterocycles. The van der Waals surface area contributed by atoms with E-state index in [1.54, 1.807) is 7.11 Å². The van der Waals surface area contributed by atoms with Crippen LogP contribution in [0.1, 0.15) is 51.9 Å². The highest BCUT2D eigenvalue weighted by molar-refractivity contribution is 5.80. The molecule has 0 N–H and O–H groups in total. The normalized spacial score (nSPS) is 11.2. The van der Waals surface area contributed by atoms with Gasteiger partial charge >= 0.3 is 0 Å². The molecule has 1 heterocycles. The largest absolute Gasteiger partial charge is 0.497 e. The van der Waals surface area contributed by atoms with Crippen LogP contribution < -0.4 is 4.74 Å². The number of fused-ring (bicyclic) bond motifs is 1. The lowest BCUT2D eigenvalue weighted by Crippen LogP contribution is -2.01. The molecule has 1 aromatic heterocycles. The lowest BCUT2D eigenvalue weighted by Gasteiger charge is -2.10. The van der Waals surface area contributed by atoms with Crippen molar-refractivity contribution < 1.29 is 4.74 Å². The van der Waals surface area contributed by atoms with E-state index < -0.39 is 0 Å². The van der Waals surface area contributed by atoms with Crippen molar-refractivity contribution in [3.63, 3.8) is 0 Å².